The van der Waals surface area contributed by atoms with Crippen molar-refractivity contribution in [2.75, 3.05) is 11.4 Å². The van der Waals surface area contributed by atoms with Gasteiger partial charge in [-0.2, -0.15) is 5.26 Å². The third-order valence-corrected chi connectivity index (χ3v) is 7.60. The van der Waals surface area contributed by atoms with Crippen LogP contribution in [0.1, 0.15) is 42.4 Å². The number of halogens is 1. The van der Waals surface area contributed by atoms with E-state index in [4.69, 9.17) is 5.14 Å². The molecule has 0 atom stereocenters. The molecule has 3 N–H and O–H groups in total. The van der Waals surface area contributed by atoms with Crippen LogP contribution >= 0.6 is 11.9 Å². The van der Waals surface area contributed by atoms with Crippen LogP contribution in [0, 0.1) is 17.1 Å². The Morgan fingerprint density at radius 2 is 1.91 bits per heavy atom. The van der Waals surface area contributed by atoms with Gasteiger partial charge < -0.3 is 5.32 Å². The quantitative estimate of drug-likeness (QED) is 0.465. The zero-order valence-corrected chi connectivity index (χ0v) is 19.5. The van der Waals surface area contributed by atoms with E-state index in [9.17, 15) is 14.4 Å². The number of nitriles is 1. The van der Waals surface area contributed by atoms with Crippen LogP contribution in [0.2, 0.25) is 0 Å². The maximum Gasteiger partial charge on any atom is 0.322 e. The van der Waals surface area contributed by atoms with Gasteiger partial charge in [0.2, 0.25) is 0 Å². The maximum absolute atomic E-state index is 14.7. The fourth-order valence-electron chi connectivity index (χ4n) is 5.35. The first-order chi connectivity index (χ1) is 16.5. The molecule has 2 aliphatic rings. The predicted molar refractivity (Wildman–Crippen MR) is 133 cm³/mol. The van der Waals surface area contributed by atoms with Gasteiger partial charge in [-0.15, -0.1) is 0 Å². The Hall–Kier alpha value is -3.34. The highest BCUT2D eigenvalue weighted by Gasteiger charge is 2.46. The van der Waals surface area contributed by atoms with Gasteiger partial charge in [-0.1, -0.05) is 37.1 Å². The molecular formula is C27H25FN4OS. The van der Waals surface area contributed by atoms with E-state index in [-0.39, 0.29) is 11.4 Å². The lowest BCUT2D eigenvalue weighted by atomic mass is 9.79. The first-order valence-corrected chi connectivity index (χ1v) is 12.3. The summed E-state index contributed by atoms with van der Waals surface area (Å²) >= 11 is 1.19. The normalized spacial score (nSPS) is 15.9. The molecule has 172 valence electrons. The second-order valence-corrected chi connectivity index (χ2v) is 9.71. The Labute approximate surface area is 202 Å². The first-order valence-electron chi connectivity index (χ1n) is 11.4. The van der Waals surface area contributed by atoms with Crippen molar-refractivity contribution in [2.45, 2.75) is 42.5 Å². The lowest BCUT2D eigenvalue weighted by Crippen LogP contribution is -2.41. The van der Waals surface area contributed by atoms with Gasteiger partial charge in [0.25, 0.3) is 0 Å². The number of nitrogens with one attached hydrogen (secondary N) is 1. The van der Waals surface area contributed by atoms with Crippen LogP contribution in [-0.2, 0) is 12.0 Å². The third kappa shape index (κ3) is 3.93. The van der Waals surface area contributed by atoms with E-state index in [1.54, 1.807) is 12.1 Å². The first kappa shape index (κ1) is 22.5. The molecule has 0 unspecified atom stereocenters. The monoisotopic (exact) mass is 472 g/mol. The second-order valence-electron chi connectivity index (χ2n) is 9.00. The van der Waals surface area contributed by atoms with E-state index in [1.807, 2.05) is 47.4 Å². The Morgan fingerprint density at radius 1 is 1.15 bits per heavy atom. The van der Waals surface area contributed by atoms with Crippen molar-refractivity contribution in [3.63, 3.8) is 0 Å². The van der Waals surface area contributed by atoms with Crippen molar-refractivity contribution in [1.82, 2.24) is 5.32 Å². The van der Waals surface area contributed by atoms with Crippen LogP contribution in [0.5, 0.6) is 0 Å². The molecule has 0 aromatic heterocycles. The zero-order valence-electron chi connectivity index (χ0n) is 18.7. The summed E-state index contributed by atoms with van der Waals surface area (Å²) in [5.41, 5.74) is 4.14. The average molecular weight is 473 g/mol. The van der Waals surface area contributed by atoms with E-state index in [0.717, 1.165) is 47.4 Å². The summed E-state index contributed by atoms with van der Waals surface area (Å²) in [6.07, 6.45) is 4.20. The van der Waals surface area contributed by atoms with Gasteiger partial charge in [0.15, 0.2) is 0 Å². The molecule has 1 spiro atoms. The predicted octanol–water partition coefficient (Wildman–Crippen LogP) is 5.87. The number of hydrogen-bond acceptors (Lipinski definition) is 4. The number of nitrogens with zero attached hydrogens (tertiary/aromatic N) is 2. The molecule has 34 heavy (non-hydrogen) atoms. The van der Waals surface area contributed by atoms with Crippen LogP contribution < -0.4 is 15.4 Å². The van der Waals surface area contributed by atoms with Crippen LogP contribution in [0.15, 0.2) is 65.6 Å². The number of amides is 2. The maximum atomic E-state index is 14.7. The minimum Gasteiger partial charge on any atom is -0.334 e. The molecule has 0 radical (unpaired) electrons. The zero-order chi connectivity index (χ0) is 23.7. The molecule has 3 aromatic carbocycles. The van der Waals surface area contributed by atoms with Crippen molar-refractivity contribution in [1.29, 1.82) is 5.26 Å². The third-order valence-electron chi connectivity index (χ3n) is 7.05. The summed E-state index contributed by atoms with van der Waals surface area (Å²) in [5, 5.41) is 18.1. The van der Waals surface area contributed by atoms with Gasteiger partial charge in [-0.3, -0.25) is 10.0 Å². The fourth-order valence-corrected chi connectivity index (χ4v) is 5.65. The molecule has 0 bridgehead atoms. The number of carbonyl (C=O) groups is 1. The second kappa shape index (κ2) is 9.13. The minimum absolute atomic E-state index is 0.124. The molecule has 1 aliphatic heterocycles. The molecular weight excluding hydrogens is 447 g/mol. The number of carbonyl (C=O) groups excluding carboxylic acids is 1. The Balaban J connectivity index is 1.45. The van der Waals surface area contributed by atoms with Crippen molar-refractivity contribution in [3.8, 4) is 17.2 Å². The summed E-state index contributed by atoms with van der Waals surface area (Å²) in [4.78, 5) is 16.0. The smallest absolute Gasteiger partial charge is 0.322 e. The molecule has 5 rings (SSSR count). The van der Waals surface area contributed by atoms with Crippen molar-refractivity contribution < 1.29 is 9.18 Å². The SMILES string of the molecule is N#Cc1cccc(F)c1-c1ccc2c(c1)C1(CCCC1)CN2C(=O)NCc1ccc(SN)cc1. The fraction of sp³-hybridized carbons (Fsp3) is 0.259. The number of fused-ring (bicyclic) bond motifs is 2. The molecule has 1 fully saturated rings. The summed E-state index contributed by atoms with van der Waals surface area (Å²) in [6, 6.07) is 20.0. The van der Waals surface area contributed by atoms with Gasteiger partial charge in [-0.05, 0) is 77.9 Å². The number of anilines is 1. The van der Waals surface area contributed by atoms with Crippen LogP contribution in [0.3, 0.4) is 0 Å². The summed E-state index contributed by atoms with van der Waals surface area (Å²) in [7, 11) is 0. The van der Waals surface area contributed by atoms with Crippen molar-refractivity contribution in [3.05, 3.63) is 83.2 Å². The average Bonchev–Trinajstić information content (AvgIpc) is 3.47. The Morgan fingerprint density at radius 3 is 2.62 bits per heavy atom. The van der Waals surface area contributed by atoms with E-state index >= 15 is 0 Å². The summed E-state index contributed by atoms with van der Waals surface area (Å²) < 4.78 is 14.7. The number of hydrogen-bond donors (Lipinski definition) is 2. The number of urea groups is 1. The number of nitrogens with two attached hydrogens (primary N) is 1. The molecule has 2 amide bonds. The molecule has 1 saturated carbocycles. The van der Waals surface area contributed by atoms with E-state index in [0.29, 0.717) is 29.8 Å². The molecule has 5 nitrogen and oxygen atoms in total. The van der Waals surface area contributed by atoms with Crippen LogP contribution in [0.4, 0.5) is 14.9 Å². The van der Waals surface area contributed by atoms with Gasteiger partial charge in [0.05, 0.1) is 11.6 Å². The van der Waals surface area contributed by atoms with Gasteiger partial charge in [-0.25, -0.2) is 9.18 Å². The van der Waals surface area contributed by atoms with E-state index in [1.165, 1.54) is 18.0 Å². The Bertz CT molecular complexity index is 1280. The largest absolute Gasteiger partial charge is 0.334 e. The van der Waals surface area contributed by atoms with Crippen LogP contribution in [0.25, 0.3) is 11.1 Å². The topological polar surface area (TPSA) is 82.2 Å². The number of benzene rings is 3. The lowest BCUT2D eigenvalue weighted by Gasteiger charge is -2.25. The van der Waals surface area contributed by atoms with Crippen molar-refractivity contribution >= 4 is 23.7 Å². The highest BCUT2D eigenvalue weighted by Crippen LogP contribution is 2.51. The van der Waals surface area contributed by atoms with Gasteiger partial charge in [0.1, 0.15) is 5.82 Å². The number of rotatable bonds is 4. The van der Waals surface area contributed by atoms with Crippen LogP contribution in [-0.4, -0.2) is 12.6 Å². The highest BCUT2D eigenvalue weighted by atomic mass is 32.2. The van der Waals surface area contributed by atoms with Gasteiger partial charge >= 0.3 is 6.03 Å². The molecule has 0 saturated heterocycles. The standard InChI is InChI=1S/C27H25FN4OS/c28-23-5-3-4-20(15-29)25(23)19-8-11-24-22(14-19)27(12-1-2-13-27)17-32(24)26(33)31-16-18-6-9-21(34-30)10-7-18/h3-11,14H,1-2,12-13,16-17,30H2,(H,31,33). The Kier molecular flexibility index (Phi) is 6.03. The summed E-state index contributed by atoms with van der Waals surface area (Å²) in [5.74, 6) is -0.411. The molecule has 7 heteroatoms. The van der Waals surface area contributed by atoms with E-state index in [2.05, 4.69) is 11.4 Å². The lowest BCUT2D eigenvalue weighted by molar-refractivity contribution is 0.245. The van der Waals surface area contributed by atoms with Gasteiger partial charge in [0, 0.05) is 34.7 Å². The minimum atomic E-state index is -0.411. The summed E-state index contributed by atoms with van der Waals surface area (Å²) in [6.45, 7) is 1.04. The highest BCUT2D eigenvalue weighted by molar-refractivity contribution is 7.97. The molecule has 1 heterocycles. The molecule has 1 aliphatic carbocycles. The van der Waals surface area contributed by atoms with E-state index < -0.39 is 5.82 Å². The molecule has 3 aromatic rings. The van der Waals surface area contributed by atoms with Crippen molar-refractivity contribution in [2.24, 2.45) is 5.14 Å².